The molecule has 29 heavy (non-hydrogen) atoms. The molecule has 0 aliphatic rings. The van der Waals surface area contributed by atoms with Crippen LogP contribution in [0.25, 0.3) is 5.76 Å². The molecule has 0 saturated carbocycles. The van der Waals surface area contributed by atoms with E-state index in [0.29, 0.717) is 19.5 Å². The van der Waals surface area contributed by atoms with E-state index in [4.69, 9.17) is 4.74 Å². The number of carbonyl (C=O) groups excluding carboxylic acids is 1. The second-order valence-corrected chi connectivity index (χ2v) is 5.83. The highest BCUT2D eigenvalue weighted by Crippen LogP contribution is 2.35. The normalized spacial score (nSPS) is 12.1. The first-order valence-electron chi connectivity index (χ1n) is 8.83. The topological polar surface area (TPSA) is 105 Å². The van der Waals surface area contributed by atoms with E-state index in [2.05, 4.69) is 5.10 Å². The third kappa shape index (κ3) is 5.24. The van der Waals surface area contributed by atoms with Crippen LogP contribution in [-0.4, -0.2) is 46.9 Å². The van der Waals surface area contributed by atoms with E-state index < -0.39 is 56.5 Å². The zero-order chi connectivity index (χ0) is 22.3. The Kier molecular flexibility index (Phi) is 8.61. The van der Waals surface area contributed by atoms with Crippen molar-refractivity contribution in [3.63, 3.8) is 0 Å². The van der Waals surface area contributed by atoms with E-state index >= 15 is 0 Å². The van der Waals surface area contributed by atoms with Crippen molar-refractivity contribution in [1.29, 1.82) is 0 Å². The van der Waals surface area contributed by atoms with Crippen molar-refractivity contribution < 1.29 is 32.7 Å². The summed E-state index contributed by atoms with van der Waals surface area (Å²) >= 11 is 0. The van der Waals surface area contributed by atoms with Gasteiger partial charge in [-0.05, 0) is 27.2 Å². The second kappa shape index (κ2) is 10.4. The van der Waals surface area contributed by atoms with Gasteiger partial charge in [-0.3, -0.25) is 15.1 Å². The van der Waals surface area contributed by atoms with Crippen molar-refractivity contribution in [2.24, 2.45) is 5.10 Å². The van der Waals surface area contributed by atoms with Gasteiger partial charge in [0.2, 0.25) is 5.82 Å². The summed E-state index contributed by atoms with van der Waals surface area (Å²) in [6, 6.07) is 0. The first-order chi connectivity index (χ1) is 13.6. The summed E-state index contributed by atoms with van der Waals surface area (Å²) in [6.07, 6.45) is 1.26. The quantitative estimate of drug-likeness (QED) is 0.124. The van der Waals surface area contributed by atoms with Crippen LogP contribution in [-0.2, 0) is 9.53 Å². The third-order valence-corrected chi connectivity index (χ3v) is 3.93. The lowest BCUT2D eigenvalue weighted by Crippen LogP contribution is -2.19. The number of halogens is 3. The van der Waals surface area contributed by atoms with Crippen LogP contribution in [0.4, 0.5) is 18.9 Å². The molecule has 0 unspecified atom stereocenters. The monoisotopic (exact) mass is 417 g/mol. The van der Waals surface area contributed by atoms with Gasteiger partial charge < -0.3 is 9.84 Å². The van der Waals surface area contributed by atoms with Gasteiger partial charge in [-0.25, -0.2) is 13.6 Å². The number of esters is 1. The van der Waals surface area contributed by atoms with Crippen molar-refractivity contribution in [3.05, 3.63) is 44.3 Å². The second-order valence-electron chi connectivity index (χ2n) is 5.83. The Labute approximate surface area is 165 Å². The summed E-state index contributed by atoms with van der Waals surface area (Å²) in [5.74, 6) is -7.75. The highest BCUT2D eigenvalue weighted by atomic mass is 19.2. The van der Waals surface area contributed by atoms with Crippen LogP contribution in [0.2, 0.25) is 0 Å². The standard InChI is InChI=1S/C18H22F3N3O5/c1-5-8-29-18(26)11(9-22-23(6-2)7-3)17(25)12-13(19)10(4)14(20)15(21)16(12)24(27)28/h9,25H,5-8H2,1-4H3. The lowest BCUT2D eigenvalue weighted by Gasteiger charge is -2.15. The lowest BCUT2D eigenvalue weighted by atomic mass is 10.0. The number of hydrazone groups is 1. The summed E-state index contributed by atoms with van der Waals surface area (Å²) in [5.41, 5.74) is -4.53. The van der Waals surface area contributed by atoms with Gasteiger partial charge in [-0.15, -0.1) is 0 Å². The number of nitrogens with zero attached hydrogens (tertiary/aromatic N) is 3. The van der Waals surface area contributed by atoms with E-state index in [0.717, 1.165) is 13.1 Å². The molecule has 0 spiro atoms. The number of aliphatic hydroxyl groups excluding tert-OH is 1. The molecule has 0 amide bonds. The van der Waals surface area contributed by atoms with Crippen LogP contribution in [0, 0.1) is 34.5 Å². The number of hydrogen-bond acceptors (Lipinski definition) is 7. The molecule has 0 atom stereocenters. The smallest absolute Gasteiger partial charge is 0.343 e. The predicted molar refractivity (Wildman–Crippen MR) is 99.9 cm³/mol. The maximum absolute atomic E-state index is 14.6. The molecule has 0 aliphatic heterocycles. The first-order valence-corrected chi connectivity index (χ1v) is 8.83. The number of hydrogen-bond donors (Lipinski definition) is 1. The fraction of sp³-hybridized carbons (Fsp3) is 0.444. The molecule has 0 radical (unpaired) electrons. The summed E-state index contributed by atoms with van der Waals surface area (Å²) in [4.78, 5) is 22.2. The molecule has 1 aromatic carbocycles. The molecule has 0 aliphatic carbocycles. The zero-order valence-electron chi connectivity index (χ0n) is 16.5. The van der Waals surface area contributed by atoms with Crippen molar-refractivity contribution in [3.8, 4) is 0 Å². The summed E-state index contributed by atoms with van der Waals surface area (Å²) in [7, 11) is 0. The number of benzene rings is 1. The van der Waals surface area contributed by atoms with Crippen molar-refractivity contribution in [2.75, 3.05) is 19.7 Å². The molecule has 160 valence electrons. The molecule has 1 rings (SSSR count). The van der Waals surface area contributed by atoms with E-state index in [1.165, 1.54) is 5.01 Å². The zero-order valence-corrected chi connectivity index (χ0v) is 16.5. The Morgan fingerprint density at radius 2 is 1.79 bits per heavy atom. The minimum absolute atomic E-state index is 0.0594. The van der Waals surface area contributed by atoms with Crippen LogP contribution in [0.1, 0.15) is 38.3 Å². The molecular formula is C18H22F3N3O5. The number of carbonyl (C=O) groups is 1. The average molecular weight is 417 g/mol. The predicted octanol–water partition coefficient (Wildman–Crippen LogP) is 3.87. The van der Waals surface area contributed by atoms with E-state index in [1.807, 2.05) is 0 Å². The highest BCUT2D eigenvalue weighted by molar-refractivity contribution is 6.15. The van der Waals surface area contributed by atoms with Gasteiger partial charge in [-0.2, -0.15) is 9.49 Å². The lowest BCUT2D eigenvalue weighted by molar-refractivity contribution is -0.388. The van der Waals surface area contributed by atoms with Crippen LogP contribution >= 0.6 is 0 Å². The molecule has 0 heterocycles. The van der Waals surface area contributed by atoms with E-state index in [-0.39, 0.29) is 6.61 Å². The number of rotatable bonds is 9. The molecular weight excluding hydrogens is 395 g/mol. The van der Waals surface area contributed by atoms with E-state index in [1.54, 1.807) is 20.8 Å². The summed E-state index contributed by atoms with van der Waals surface area (Å²) < 4.78 is 47.4. The average Bonchev–Trinajstić information content (AvgIpc) is 2.69. The minimum atomic E-state index is -1.96. The Balaban J connectivity index is 3.82. The minimum Gasteiger partial charge on any atom is -0.506 e. The molecule has 0 fully saturated rings. The van der Waals surface area contributed by atoms with E-state index in [9.17, 15) is 33.2 Å². The Hall–Kier alpha value is -3.11. The highest BCUT2D eigenvalue weighted by Gasteiger charge is 2.35. The molecule has 1 N–H and O–H groups in total. The van der Waals surface area contributed by atoms with Gasteiger partial charge >= 0.3 is 11.7 Å². The molecule has 1 aromatic rings. The number of aliphatic hydroxyl groups is 1. The fourth-order valence-corrected chi connectivity index (χ4v) is 2.30. The van der Waals surface area contributed by atoms with Crippen LogP contribution in [0.5, 0.6) is 0 Å². The number of ether oxygens (including phenoxy) is 1. The molecule has 0 saturated heterocycles. The van der Waals surface area contributed by atoms with Crippen molar-refractivity contribution in [1.82, 2.24) is 5.01 Å². The SMILES string of the molecule is CCCOC(=O)C(C=NN(CC)CC)=C(O)c1c(F)c(C)c(F)c(F)c1[N+](=O)[O-]. The van der Waals surface area contributed by atoms with Gasteiger partial charge in [0.15, 0.2) is 5.82 Å². The number of nitro benzene ring substituents is 1. The van der Waals surface area contributed by atoms with Gasteiger partial charge in [0.05, 0.1) is 17.7 Å². The van der Waals surface area contributed by atoms with Gasteiger partial charge in [0.25, 0.3) is 0 Å². The Morgan fingerprint density at radius 3 is 2.28 bits per heavy atom. The Bertz CT molecular complexity index is 852. The third-order valence-electron chi connectivity index (χ3n) is 3.93. The van der Waals surface area contributed by atoms with Crippen molar-refractivity contribution in [2.45, 2.75) is 34.1 Å². The van der Waals surface area contributed by atoms with Gasteiger partial charge in [0, 0.05) is 18.7 Å². The van der Waals surface area contributed by atoms with Crippen LogP contribution in [0.3, 0.4) is 0 Å². The molecule has 0 bridgehead atoms. The number of nitro groups is 1. The fourth-order valence-electron chi connectivity index (χ4n) is 2.30. The Morgan fingerprint density at radius 1 is 1.21 bits per heavy atom. The van der Waals surface area contributed by atoms with Gasteiger partial charge in [0.1, 0.15) is 22.7 Å². The van der Waals surface area contributed by atoms with Crippen LogP contribution in [0.15, 0.2) is 10.7 Å². The first kappa shape index (κ1) is 23.9. The summed E-state index contributed by atoms with van der Waals surface area (Å²) in [6.45, 7) is 6.83. The molecule has 11 heteroatoms. The summed E-state index contributed by atoms with van der Waals surface area (Å²) in [5, 5.41) is 27.1. The van der Waals surface area contributed by atoms with Crippen LogP contribution < -0.4 is 0 Å². The van der Waals surface area contributed by atoms with Gasteiger partial charge in [-0.1, -0.05) is 6.92 Å². The molecule has 0 aromatic heterocycles. The van der Waals surface area contributed by atoms with Crippen molar-refractivity contribution >= 4 is 23.6 Å². The largest absolute Gasteiger partial charge is 0.506 e. The maximum atomic E-state index is 14.6. The molecule has 8 nitrogen and oxygen atoms in total. The maximum Gasteiger partial charge on any atom is 0.343 e.